The maximum absolute atomic E-state index is 13.1. The van der Waals surface area contributed by atoms with E-state index in [1.807, 2.05) is 6.92 Å². The van der Waals surface area contributed by atoms with Crippen molar-refractivity contribution in [2.24, 2.45) is 10.8 Å². The van der Waals surface area contributed by atoms with Gasteiger partial charge < -0.3 is 15.4 Å². The quantitative estimate of drug-likeness (QED) is 0.285. The van der Waals surface area contributed by atoms with Gasteiger partial charge in [0.2, 0.25) is 11.8 Å². The van der Waals surface area contributed by atoms with Crippen LogP contribution < -0.4 is 10.6 Å². The Morgan fingerprint density at radius 3 is 1.94 bits per heavy atom. The summed E-state index contributed by atoms with van der Waals surface area (Å²) < 4.78 is 18.7. The highest BCUT2D eigenvalue weighted by Gasteiger charge is 2.36. The van der Waals surface area contributed by atoms with Crippen LogP contribution >= 0.6 is 0 Å². The second-order valence-electron chi connectivity index (χ2n) is 10.4. The SMILES string of the molecule is CCCC(=O)NCCC(CC)(CC)OCCC(CC)(CC)C(=O)NCCS(=O)CC(C)(C)C. The van der Waals surface area contributed by atoms with E-state index in [9.17, 15) is 13.8 Å². The van der Waals surface area contributed by atoms with Crippen molar-refractivity contribution in [3.8, 4) is 0 Å². The molecule has 0 aliphatic carbocycles. The fourth-order valence-corrected chi connectivity index (χ4v) is 5.59. The standard InChI is InChI=1S/C26H52N2O4S/c1-9-14-22(29)27-17-15-26(12-4,13-5)32-19-16-25(10-2,11-3)23(30)28-18-20-33(31)21-24(6,7)8/h9-21H2,1-8H3,(H,27,29)(H,28,30). The van der Waals surface area contributed by atoms with Crippen LogP contribution in [0.15, 0.2) is 0 Å². The Morgan fingerprint density at radius 1 is 0.848 bits per heavy atom. The Balaban J connectivity index is 4.83. The predicted molar refractivity (Wildman–Crippen MR) is 140 cm³/mol. The largest absolute Gasteiger partial charge is 0.375 e. The van der Waals surface area contributed by atoms with Crippen LogP contribution in [-0.2, 0) is 25.1 Å². The molecule has 2 amide bonds. The molecule has 7 heteroatoms. The lowest BCUT2D eigenvalue weighted by molar-refractivity contribution is -0.135. The molecule has 2 N–H and O–H groups in total. The van der Waals surface area contributed by atoms with Gasteiger partial charge in [0.25, 0.3) is 0 Å². The van der Waals surface area contributed by atoms with Crippen LogP contribution in [0.3, 0.4) is 0 Å². The van der Waals surface area contributed by atoms with Gasteiger partial charge in [0.1, 0.15) is 0 Å². The third kappa shape index (κ3) is 12.4. The number of ether oxygens (including phenoxy) is 1. The van der Waals surface area contributed by atoms with E-state index in [1.54, 1.807) is 0 Å². The van der Waals surface area contributed by atoms with Gasteiger partial charge in [-0.1, -0.05) is 55.4 Å². The van der Waals surface area contributed by atoms with Crippen LogP contribution in [0.5, 0.6) is 0 Å². The Bertz CT molecular complexity index is 594. The summed E-state index contributed by atoms with van der Waals surface area (Å²) in [5.41, 5.74) is -0.742. The lowest BCUT2D eigenvalue weighted by atomic mass is 9.78. The van der Waals surface area contributed by atoms with Crippen molar-refractivity contribution >= 4 is 22.6 Å². The summed E-state index contributed by atoms with van der Waals surface area (Å²) in [6.45, 7) is 18.1. The van der Waals surface area contributed by atoms with Gasteiger partial charge in [0.15, 0.2) is 0 Å². The third-order valence-electron chi connectivity index (χ3n) is 6.70. The van der Waals surface area contributed by atoms with Gasteiger partial charge in [0, 0.05) is 48.4 Å². The molecule has 0 saturated heterocycles. The van der Waals surface area contributed by atoms with Crippen molar-refractivity contribution < 1.29 is 18.5 Å². The molecule has 0 aromatic heterocycles. The molecule has 0 aliphatic heterocycles. The van der Waals surface area contributed by atoms with Crippen molar-refractivity contribution in [3.05, 3.63) is 0 Å². The smallest absolute Gasteiger partial charge is 0.226 e. The second kappa shape index (κ2) is 15.9. The molecule has 0 saturated carbocycles. The summed E-state index contributed by atoms with van der Waals surface area (Å²) in [7, 11) is -0.934. The molecule has 1 atom stereocenters. The molecular weight excluding hydrogens is 436 g/mol. The van der Waals surface area contributed by atoms with Crippen molar-refractivity contribution in [2.75, 3.05) is 31.2 Å². The van der Waals surface area contributed by atoms with Gasteiger partial charge in [-0.3, -0.25) is 13.8 Å². The van der Waals surface area contributed by atoms with Gasteiger partial charge in [-0.25, -0.2) is 0 Å². The fourth-order valence-electron chi connectivity index (χ4n) is 4.15. The normalized spacial score (nSPS) is 13.6. The van der Waals surface area contributed by atoms with Gasteiger partial charge in [0.05, 0.1) is 11.0 Å². The zero-order chi connectivity index (χ0) is 25.5. The van der Waals surface area contributed by atoms with E-state index in [-0.39, 0.29) is 22.8 Å². The van der Waals surface area contributed by atoms with E-state index in [0.717, 1.165) is 38.5 Å². The van der Waals surface area contributed by atoms with Crippen LogP contribution in [0.1, 0.15) is 107 Å². The third-order valence-corrected chi connectivity index (χ3v) is 8.55. The molecule has 0 bridgehead atoms. The van der Waals surface area contributed by atoms with Crippen LogP contribution in [0, 0.1) is 10.8 Å². The molecule has 1 unspecified atom stereocenters. The first-order chi connectivity index (χ1) is 15.4. The molecule has 0 fully saturated rings. The predicted octanol–water partition coefficient (Wildman–Crippen LogP) is 4.98. The van der Waals surface area contributed by atoms with Gasteiger partial charge in [-0.05, 0) is 50.4 Å². The van der Waals surface area contributed by atoms with E-state index >= 15 is 0 Å². The molecule has 0 aromatic rings. The van der Waals surface area contributed by atoms with Crippen LogP contribution in [0.2, 0.25) is 0 Å². The van der Waals surface area contributed by atoms with E-state index < -0.39 is 16.2 Å². The molecule has 0 rings (SSSR count). The minimum atomic E-state index is -0.934. The number of rotatable bonds is 18. The zero-order valence-electron chi connectivity index (χ0n) is 22.7. The lowest BCUT2D eigenvalue weighted by Crippen LogP contribution is -2.44. The van der Waals surface area contributed by atoms with E-state index in [4.69, 9.17) is 4.74 Å². The van der Waals surface area contributed by atoms with Crippen molar-refractivity contribution in [1.29, 1.82) is 0 Å². The molecule has 33 heavy (non-hydrogen) atoms. The molecule has 0 aliphatic rings. The Morgan fingerprint density at radius 2 is 1.45 bits per heavy atom. The summed E-state index contributed by atoms with van der Waals surface area (Å²) >= 11 is 0. The van der Waals surface area contributed by atoms with Crippen molar-refractivity contribution in [2.45, 2.75) is 112 Å². The maximum atomic E-state index is 13.1. The highest BCUT2D eigenvalue weighted by atomic mass is 32.2. The van der Waals surface area contributed by atoms with Crippen molar-refractivity contribution in [3.63, 3.8) is 0 Å². The van der Waals surface area contributed by atoms with Crippen LogP contribution in [-0.4, -0.2) is 52.8 Å². The minimum absolute atomic E-state index is 0.0205. The summed E-state index contributed by atoms with van der Waals surface area (Å²) in [6, 6.07) is 0. The number of carbonyl (C=O) groups is 2. The van der Waals surface area contributed by atoms with Gasteiger partial charge >= 0.3 is 0 Å². The minimum Gasteiger partial charge on any atom is -0.375 e. The monoisotopic (exact) mass is 488 g/mol. The van der Waals surface area contributed by atoms with E-state index in [2.05, 4.69) is 59.1 Å². The van der Waals surface area contributed by atoms with Crippen LogP contribution in [0.4, 0.5) is 0 Å². The molecule has 0 aromatic carbocycles. The highest BCUT2D eigenvalue weighted by molar-refractivity contribution is 7.85. The topological polar surface area (TPSA) is 84.5 Å². The lowest BCUT2D eigenvalue weighted by Gasteiger charge is -2.35. The van der Waals surface area contributed by atoms with E-state index in [0.29, 0.717) is 44.0 Å². The first kappa shape index (κ1) is 32.0. The fraction of sp³-hybridized carbons (Fsp3) is 0.923. The first-order valence-electron chi connectivity index (χ1n) is 13.0. The summed E-state index contributed by atoms with van der Waals surface area (Å²) in [4.78, 5) is 24.9. The van der Waals surface area contributed by atoms with Crippen molar-refractivity contribution in [1.82, 2.24) is 10.6 Å². The number of nitrogens with one attached hydrogen (secondary N) is 2. The number of hydrogen-bond donors (Lipinski definition) is 2. The van der Waals surface area contributed by atoms with Gasteiger partial charge in [-0.2, -0.15) is 0 Å². The molecule has 0 heterocycles. The summed E-state index contributed by atoms with van der Waals surface area (Å²) in [5.74, 6) is 1.25. The molecular formula is C26H52N2O4S. The highest BCUT2D eigenvalue weighted by Crippen LogP contribution is 2.33. The van der Waals surface area contributed by atoms with E-state index in [1.165, 1.54) is 0 Å². The Kier molecular flexibility index (Phi) is 15.4. The average molecular weight is 489 g/mol. The molecule has 6 nitrogen and oxygen atoms in total. The Hall–Kier alpha value is -0.950. The number of amides is 2. The maximum Gasteiger partial charge on any atom is 0.226 e. The molecule has 0 radical (unpaired) electrons. The molecule has 0 spiro atoms. The molecule has 196 valence electrons. The number of carbonyl (C=O) groups excluding carboxylic acids is 2. The summed E-state index contributed by atoms with van der Waals surface area (Å²) in [6.07, 6.45) is 6.03. The zero-order valence-corrected chi connectivity index (χ0v) is 23.6. The van der Waals surface area contributed by atoms with Crippen LogP contribution in [0.25, 0.3) is 0 Å². The van der Waals surface area contributed by atoms with Gasteiger partial charge in [-0.15, -0.1) is 0 Å². The first-order valence-corrected chi connectivity index (χ1v) is 14.5. The average Bonchev–Trinajstić information content (AvgIpc) is 2.74. The second-order valence-corrected chi connectivity index (χ2v) is 12.0. The number of hydrogen-bond acceptors (Lipinski definition) is 4. The Labute approximate surface area is 206 Å². The summed E-state index contributed by atoms with van der Waals surface area (Å²) in [5, 5.41) is 6.03.